The van der Waals surface area contributed by atoms with Gasteiger partial charge in [0.05, 0.1) is 0 Å². The van der Waals surface area contributed by atoms with Crippen LogP contribution in [0.3, 0.4) is 0 Å². The third-order valence-corrected chi connectivity index (χ3v) is 10.3. The van der Waals surface area contributed by atoms with Crippen molar-refractivity contribution in [2.45, 2.75) is 137 Å². The smallest absolute Gasteiger partial charge is 0.00672 e. The average Bonchev–Trinajstić information content (AvgIpc) is 2.65. The highest BCUT2D eigenvalue weighted by Gasteiger charge is 2.35. The molecular formula is C30H53P. The number of rotatable bonds is 6. The minimum atomic E-state index is 0.108. The molecule has 1 aliphatic rings. The maximum Gasteiger partial charge on any atom is -0.00672 e. The lowest BCUT2D eigenvalue weighted by Gasteiger charge is -2.41. The molecule has 0 aliphatic carbocycles. The Labute approximate surface area is 197 Å². The first-order valence-corrected chi connectivity index (χ1v) is 14.9. The molecule has 178 valence electrons. The van der Waals surface area contributed by atoms with Crippen LogP contribution in [0, 0.1) is 5.41 Å². The van der Waals surface area contributed by atoms with E-state index in [0.29, 0.717) is 5.41 Å². The Hall–Kier alpha value is -0.350. The van der Waals surface area contributed by atoms with E-state index >= 15 is 0 Å². The Bertz CT molecular complexity index is 677. The van der Waals surface area contributed by atoms with Crippen molar-refractivity contribution in [1.29, 1.82) is 0 Å². The lowest BCUT2D eigenvalue weighted by atomic mass is 9.72. The summed E-state index contributed by atoms with van der Waals surface area (Å²) in [7, 11) is 0.108. The molecule has 0 nitrogen and oxygen atoms in total. The SMILES string of the molecule is CCCCC1(CC)CCP(Cc2c(C(C)(C)C)cc(C(C)(C)C)cc2C(C)(C)C)CC1. The van der Waals surface area contributed by atoms with Crippen LogP contribution < -0.4 is 0 Å². The molecule has 1 aromatic rings. The second-order valence-electron chi connectivity index (χ2n) is 13.5. The maximum atomic E-state index is 2.57. The molecule has 1 saturated heterocycles. The number of hydrogen-bond acceptors (Lipinski definition) is 0. The maximum absolute atomic E-state index is 2.57. The van der Waals surface area contributed by atoms with Gasteiger partial charge < -0.3 is 0 Å². The van der Waals surface area contributed by atoms with Crippen molar-refractivity contribution >= 4 is 7.92 Å². The van der Waals surface area contributed by atoms with Crippen LogP contribution >= 0.6 is 7.92 Å². The van der Waals surface area contributed by atoms with Gasteiger partial charge >= 0.3 is 0 Å². The van der Waals surface area contributed by atoms with E-state index in [-0.39, 0.29) is 24.2 Å². The molecule has 0 spiro atoms. The number of unbranched alkanes of at least 4 members (excludes halogenated alkanes) is 1. The quantitative estimate of drug-likeness (QED) is 0.383. The summed E-state index contributed by atoms with van der Waals surface area (Å²) in [6.07, 6.45) is 12.9. The number of benzene rings is 1. The lowest BCUT2D eigenvalue weighted by molar-refractivity contribution is 0.219. The molecule has 2 rings (SSSR count). The first-order chi connectivity index (χ1) is 14.1. The Morgan fingerprint density at radius 1 is 0.774 bits per heavy atom. The highest BCUT2D eigenvalue weighted by Crippen LogP contribution is 2.55. The predicted molar refractivity (Wildman–Crippen MR) is 144 cm³/mol. The molecule has 0 amide bonds. The summed E-state index contributed by atoms with van der Waals surface area (Å²) in [4.78, 5) is 0. The van der Waals surface area contributed by atoms with Crippen LogP contribution in [0.5, 0.6) is 0 Å². The van der Waals surface area contributed by atoms with Gasteiger partial charge in [-0.1, -0.05) is 108 Å². The van der Waals surface area contributed by atoms with E-state index in [1.807, 2.05) is 0 Å². The molecule has 1 aliphatic heterocycles. The van der Waals surface area contributed by atoms with Gasteiger partial charge in [0.1, 0.15) is 0 Å². The van der Waals surface area contributed by atoms with E-state index in [4.69, 9.17) is 0 Å². The fraction of sp³-hybridized carbons (Fsp3) is 0.800. The molecule has 0 unspecified atom stereocenters. The minimum Gasteiger partial charge on any atom is -0.102 e. The first-order valence-electron chi connectivity index (χ1n) is 13.0. The van der Waals surface area contributed by atoms with Gasteiger partial charge in [0, 0.05) is 0 Å². The Morgan fingerprint density at radius 3 is 1.61 bits per heavy atom. The van der Waals surface area contributed by atoms with Gasteiger partial charge in [-0.3, -0.25) is 0 Å². The zero-order valence-electron chi connectivity index (χ0n) is 23.0. The van der Waals surface area contributed by atoms with Gasteiger partial charge in [-0.25, -0.2) is 0 Å². The first kappa shape index (κ1) is 26.9. The Balaban J connectivity index is 2.42. The molecule has 0 radical (unpaired) electrons. The third kappa shape index (κ3) is 6.82. The van der Waals surface area contributed by atoms with Gasteiger partial charge in [-0.05, 0) is 81.7 Å². The van der Waals surface area contributed by atoms with Crippen LogP contribution in [-0.2, 0) is 22.4 Å². The molecule has 31 heavy (non-hydrogen) atoms. The van der Waals surface area contributed by atoms with E-state index in [0.717, 1.165) is 0 Å². The number of hydrogen-bond donors (Lipinski definition) is 0. The largest absolute Gasteiger partial charge is 0.102 e. The second-order valence-corrected chi connectivity index (χ2v) is 16.1. The fourth-order valence-corrected chi connectivity index (χ4v) is 8.26. The summed E-state index contributed by atoms with van der Waals surface area (Å²) >= 11 is 0. The van der Waals surface area contributed by atoms with E-state index in [2.05, 4.69) is 88.3 Å². The van der Waals surface area contributed by atoms with Crippen LogP contribution in [0.15, 0.2) is 12.1 Å². The Morgan fingerprint density at radius 2 is 1.26 bits per heavy atom. The van der Waals surface area contributed by atoms with Crippen LogP contribution in [0.1, 0.15) is 137 Å². The summed E-state index contributed by atoms with van der Waals surface area (Å²) in [5.74, 6) is 0. The zero-order chi connectivity index (χ0) is 23.7. The summed E-state index contributed by atoms with van der Waals surface area (Å²) in [6, 6.07) is 5.14. The third-order valence-electron chi connectivity index (χ3n) is 7.84. The molecular weight excluding hydrogens is 391 g/mol. The average molecular weight is 445 g/mol. The van der Waals surface area contributed by atoms with Crippen molar-refractivity contribution in [1.82, 2.24) is 0 Å². The molecule has 0 atom stereocenters. The van der Waals surface area contributed by atoms with E-state index in [1.54, 1.807) is 16.7 Å². The van der Waals surface area contributed by atoms with Crippen LogP contribution in [0.4, 0.5) is 0 Å². The highest BCUT2D eigenvalue weighted by atomic mass is 31.1. The molecule has 0 N–H and O–H groups in total. The molecule has 0 aromatic heterocycles. The van der Waals surface area contributed by atoms with Gasteiger partial charge in [-0.15, -0.1) is 7.92 Å². The highest BCUT2D eigenvalue weighted by molar-refractivity contribution is 7.56. The van der Waals surface area contributed by atoms with Gasteiger partial charge in [-0.2, -0.15) is 0 Å². The van der Waals surface area contributed by atoms with Crippen LogP contribution in [0.2, 0.25) is 0 Å². The molecule has 0 bridgehead atoms. The van der Waals surface area contributed by atoms with Crippen molar-refractivity contribution in [2.24, 2.45) is 5.41 Å². The predicted octanol–water partition coefficient (Wildman–Crippen LogP) is 9.94. The zero-order valence-corrected chi connectivity index (χ0v) is 23.9. The molecule has 1 heteroatoms. The monoisotopic (exact) mass is 444 g/mol. The van der Waals surface area contributed by atoms with Crippen LogP contribution in [-0.4, -0.2) is 12.3 Å². The minimum absolute atomic E-state index is 0.108. The molecule has 1 heterocycles. The second kappa shape index (κ2) is 9.87. The van der Waals surface area contributed by atoms with Crippen molar-refractivity contribution in [3.05, 3.63) is 34.4 Å². The van der Waals surface area contributed by atoms with E-state index in [1.165, 1.54) is 62.6 Å². The molecule has 1 aromatic carbocycles. The summed E-state index contributed by atoms with van der Waals surface area (Å²) in [5, 5.41) is 0. The summed E-state index contributed by atoms with van der Waals surface area (Å²) in [6.45, 7) is 26.4. The fourth-order valence-electron chi connectivity index (χ4n) is 5.35. The van der Waals surface area contributed by atoms with Crippen LogP contribution in [0.25, 0.3) is 0 Å². The summed E-state index contributed by atoms with van der Waals surface area (Å²) < 4.78 is 0. The van der Waals surface area contributed by atoms with Gasteiger partial charge in [0.2, 0.25) is 0 Å². The van der Waals surface area contributed by atoms with E-state index in [9.17, 15) is 0 Å². The topological polar surface area (TPSA) is 0 Å². The van der Waals surface area contributed by atoms with E-state index < -0.39 is 0 Å². The van der Waals surface area contributed by atoms with Crippen molar-refractivity contribution in [2.75, 3.05) is 12.3 Å². The molecule has 0 saturated carbocycles. The van der Waals surface area contributed by atoms with Crippen molar-refractivity contribution in [3.63, 3.8) is 0 Å². The normalized spacial score (nSPS) is 23.3. The van der Waals surface area contributed by atoms with Gasteiger partial charge in [0.25, 0.3) is 0 Å². The molecule has 1 fully saturated rings. The Kier molecular flexibility index (Phi) is 8.57. The van der Waals surface area contributed by atoms with Crippen molar-refractivity contribution in [3.8, 4) is 0 Å². The summed E-state index contributed by atoms with van der Waals surface area (Å²) in [5.41, 5.74) is 7.67. The van der Waals surface area contributed by atoms with Crippen molar-refractivity contribution < 1.29 is 0 Å². The van der Waals surface area contributed by atoms with Gasteiger partial charge in [0.15, 0.2) is 0 Å². The lowest BCUT2D eigenvalue weighted by Crippen LogP contribution is -2.28. The standard InChI is InChI=1S/C30H53P/c1-12-14-15-30(13-2)16-18-31(19-17-30)22-24-25(28(6,7)8)20-23(27(3,4)5)21-26(24)29(9,10)11/h20-21H,12-19,22H2,1-11H3.